The minimum Gasteiger partial charge on any atom is -1.00 e. The fraction of sp³-hybridized carbons (Fsp3) is 0.938. The van der Waals surface area contributed by atoms with Crippen molar-refractivity contribution in [1.82, 2.24) is 0 Å². The van der Waals surface area contributed by atoms with Gasteiger partial charge in [0.2, 0.25) is 0 Å². The minimum absolute atomic E-state index is 0. The van der Waals surface area contributed by atoms with Gasteiger partial charge in [0.15, 0.2) is 0 Å². The van der Waals surface area contributed by atoms with Crippen molar-refractivity contribution in [2.75, 3.05) is 0 Å². The van der Waals surface area contributed by atoms with Gasteiger partial charge < -0.3 is 6.16 Å². The molecule has 0 heterocycles. The molecule has 0 aliphatic heterocycles. The monoisotopic (exact) mass is 518 g/mol. The first-order valence-corrected chi connectivity index (χ1v) is 15.9. The number of carbonyl (C=O) groups is 2. The van der Waals surface area contributed by atoms with Crippen LogP contribution in [-0.4, -0.2) is 11.9 Å². The summed E-state index contributed by atoms with van der Waals surface area (Å²) in [5.41, 5.74) is 0. The van der Waals surface area contributed by atoms with E-state index in [2.05, 4.69) is 13.8 Å². The van der Waals surface area contributed by atoms with E-state index in [0.717, 1.165) is 25.7 Å². The summed E-state index contributed by atoms with van der Waals surface area (Å²) in [6, 6.07) is 0. The molecule has 0 saturated heterocycles. The van der Waals surface area contributed by atoms with Crippen LogP contribution in [0.3, 0.4) is 0 Å². The van der Waals surface area contributed by atoms with Gasteiger partial charge >= 0.3 is 41.5 Å². The molecule has 0 radical (unpaired) electrons. The smallest absolute Gasteiger partial charge is 1.00 e. The van der Waals surface area contributed by atoms with E-state index in [1.165, 1.54) is 141 Å². The van der Waals surface area contributed by atoms with Crippen LogP contribution in [0.1, 0.15) is 195 Å². The minimum atomic E-state index is -0.326. The van der Waals surface area contributed by atoms with Crippen LogP contribution in [0.5, 0.6) is 0 Å². The van der Waals surface area contributed by atoms with Gasteiger partial charge in [0.25, 0.3) is 0 Å². The van der Waals surface area contributed by atoms with Crippen molar-refractivity contribution >= 4 is 11.9 Å². The molecule has 0 spiro atoms. The van der Waals surface area contributed by atoms with Gasteiger partial charge in [-0.1, -0.05) is 168 Å². The Hall–Kier alpha value is 0.140. The van der Waals surface area contributed by atoms with Crippen LogP contribution in [0.25, 0.3) is 0 Å². The van der Waals surface area contributed by atoms with Gasteiger partial charge in [-0.05, 0) is 12.8 Å². The first kappa shape index (κ1) is 38.3. The number of rotatable bonds is 28. The SMILES string of the molecule is CCCCCCCCCCCCCCCC(=O)OC(=O)CCCCCCCCCCCCCCC.[H-].[Na+]. The third-order valence-corrected chi connectivity index (χ3v) is 7.20. The molecular weight excluding hydrogens is 455 g/mol. The Balaban J connectivity index is -0.00000578. The molecule has 210 valence electrons. The normalized spacial score (nSPS) is 10.8. The van der Waals surface area contributed by atoms with Gasteiger partial charge in [-0.2, -0.15) is 0 Å². The van der Waals surface area contributed by atoms with Crippen LogP contribution in [0, 0.1) is 0 Å². The van der Waals surface area contributed by atoms with Gasteiger partial charge in [0.05, 0.1) is 0 Å². The van der Waals surface area contributed by atoms with Crippen molar-refractivity contribution in [3.05, 3.63) is 0 Å². The molecule has 0 aliphatic carbocycles. The van der Waals surface area contributed by atoms with E-state index in [4.69, 9.17) is 4.74 Å². The van der Waals surface area contributed by atoms with E-state index in [1.54, 1.807) is 0 Å². The van der Waals surface area contributed by atoms with Gasteiger partial charge in [0.1, 0.15) is 0 Å². The van der Waals surface area contributed by atoms with E-state index >= 15 is 0 Å². The largest absolute Gasteiger partial charge is 1.00 e. The van der Waals surface area contributed by atoms with Crippen LogP contribution in [0.4, 0.5) is 0 Å². The fourth-order valence-corrected chi connectivity index (χ4v) is 4.80. The zero-order valence-electron chi connectivity index (χ0n) is 26.0. The molecule has 0 N–H and O–H groups in total. The molecule has 0 aromatic heterocycles. The van der Waals surface area contributed by atoms with Crippen molar-refractivity contribution < 1.29 is 45.3 Å². The second-order valence-corrected chi connectivity index (χ2v) is 10.8. The maximum absolute atomic E-state index is 11.8. The summed E-state index contributed by atoms with van der Waals surface area (Å²) in [5.74, 6) is -0.652. The third-order valence-electron chi connectivity index (χ3n) is 7.20. The molecule has 4 heteroatoms. The van der Waals surface area contributed by atoms with E-state index in [0.29, 0.717) is 12.8 Å². The molecule has 0 unspecified atom stereocenters. The van der Waals surface area contributed by atoms with E-state index in [9.17, 15) is 9.59 Å². The molecule has 0 saturated carbocycles. The summed E-state index contributed by atoms with van der Waals surface area (Å²) in [5, 5.41) is 0. The molecule has 0 aliphatic rings. The number of esters is 2. The summed E-state index contributed by atoms with van der Waals surface area (Å²) < 4.78 is 4.99. The van der Waals surface area contributed by atoms with Crippen LogP contribution in [-0.2, 0) is 14.3 Å². The number of ether oxygens (including phenoxy) is 1. The summed E-state index contributed by atoms with van der Waals surface area (Å²) in [6.45, 7) is 4.54. The van der Waals surface area contributed by atoms with Gasteiger partial charge in [-0.3, -0.25) is 9.59 Å². The maximum Gasteiger partial charge on any atom is 1.00 e. The molecule has 0 atom stereocenters. The fourth-order valence-electron chi connectivity index (χ4n) is 4.80. The summed E-state index contributed by atoms with van der Waals surface area (Å²) in [7, 11) is 0. The van der Waals surface area contributed by atoms with Crippen molar-refractivity contribution in [2.45, 2.75) is 194 Å². The zero-order chi connectivity index (χ0) is 25.7. The van der Waals surface area contributed by atoms with Crippen LogP contribution >= 0.6 is 0 Å². The van der Waals surface area contributed by atoms with Crippen LogP contribution in [0.15, 0.2) is 0 Å². The number of hydrogen-bond acceptors (Lipinski definition) is 3. The standard InChI is InChI=1S/C32H62O3.Na.H/c1-3-5-7-9-11-13-15-17-19-21-23-25-27-29-31(33)35-32(34)30-28-26-24-22-20-18-16-14-12-10-8-6-4-2;;/h3-30H2,1-2H3;;/q;+1;-1. The van der Waals surface area contributed by atoms with E-state index < -0.39 is 0 Å². The summed E-state index contributed by atoms with van der Waals surface area (Å²) >= 11 is 0. The van der Waals surface area contributed by atoms with E-state index in [1.807, 2.05) is 0 Å². The Bertz CT molecular complexity index is 419. The molecule has 3 nitrogen and oxygen atoms in total. The van der Waals surface area contributed by atoms with Crippen molar-refractivity contribution in [1.29, 1.82) is 0 Å². The van der Waals surface area contributed by atoms with Gasteiger partial charge in [-0.15, -0.1) is 0 Å². The topological polar surface area (TPSA) is 43.4 Å². The molecule has 0 bridgehead atoms. The zero-order valence-corrected chi connectivity index (χ0v) is 27.0. The Labute approximate surface area is 249 Å². The average molecular weight is 519 g/mol. The number of hydrogen-bond donors (Lipinski definition) is 0. The van der Waals surface area contributed by atoms with Crippen LogP contribution < -0.4 is 29.6 Å². The number of unbranched alkanes of at least 4 members (excludes halogenated alkanes) is 24. The quantitative estimate of drug-likeness (QED) is 0.0454. The van der Waals surface area contributed by atoms with Crippen LogP contribution in [0.2, 0.25) is 0 Å². The first-order valence-electron chi connectivity index (χ1n) is 15.9. The average Bonchev–Trinajstić information content (AvgIpc) is 2.85. The molecular formula is C32H63NaO3. The predicted molar refractivity (Wildman–Crippen MR) is 153 cm³/mol. The second-order valence-electron chi connectivity index (χ2n) is 10.8. The predicted octanol–water partition coefficient (Wildman–Crippen LogP) is 8.14. The second kappa shape index (κ2) is 33.2. The van der Waals surface area contributed by atoms with Crippen molar-refractivity contribution in [3.63, 3.8) is 0 Å². The molecule has 0 aromatic rings. The Kier molecular flexibility index (Phi) is 35.3. The molecule has 0 amide bonds. The van der Waals surface area contributed by atoms with E-state index in [-0.39, 0.29) is 42.9 Å². The van der Waals surface area contributed by atoms with Crippen molar-refractivity contribution in [3.8, 4) is 0 Å². The molecule has 0 fully saturated rings. The third kappa shape index (κ3) is 32.2. The molecule has 0 rings (SSSR count). The first-order chi connectivity index (χ1) is 17.2. The molecule has 36 heavy (non-hydrogen) atoms. The summed E-state index contributed by atoms with van der Waals surface area (Å²) in [6.07, 6.45) is 34.3. The Morgan fingerprint density at radius 1 is 0.389 bits per heavy atom. The van der Waals surface area contributed by atoms with Gasteiger partial charge in [0, 0.05) is 12.8 Å². The van der Waals surface area contributed by atoms with Gasteiger partial charge in [-0.25, -0.2) is 0 Å². The Morgan fingerprint density at radius 2 is 0.583 bits per heavy atom. The van der Waals surface area contributed by atoms with Crippen molar-refractivity contribution in [2.24, 2.45) is 0 Å². The maximum atomic E-state index is 11.8. The summed E-state index contributed by atoms with van der Waals surface area (Å²) in [4.78, 5) is 23.7. The Morgan fingerprint density at radius 3 is 0.806 bits per heavy atom. The number of carbonyl (C=O) groups excluding carboxylic acids is 2. The molecule has 0 aromatic carbocycles.